The van der Waals surface area contributed by atoms with Crippen LogP contribution in [0.1, 0.15) is 17.3 Å². The number of hydrogen-bond acceptors (Lipinski definition) is 4. The number of rotatable bonds is 5. The molecule has 1 heterocycles. The zero-order valence-corrected chi connectivity index (χ0v) is 8.56. The highest BCUT2D eigenvalue weighted by Crippen LogP contribution is 2.07. The number of carbonyl (C=O) groups excluding carboxylic acids is 1. The van der Waals surface area contributed by atoms with Crippen LogP contribution in [0.5, 0.6) is 5.75 Å². The van der Waals surface area contributed by atoms with Gasteiger partial charge in [0.25, 0.3) is 5.91 Å². The second-order valence-corrected chi connectivity index (χ2v) is 2.88. The van der Waals surface area contributed by atoms with Gasteiger partial charge in [0.05, 0.1) is 18.4 Å². The van der Waals surface area contributed by atoms with Crippen LogP contribution in [0.3, 0.4) is 0 Å². The van der Waals surface area contributed by atoms with Crippen LogP contribution in [0.15, 0.2) is 18.5 Å². The zero-order chi connectivity index (χ0) is 11.1. The minimum Gasteiger partial charge on any atom is -0.506 e. The van der Waals surface area contributed by atoms with Gasteiger partial charge in [0.1, 0.15) is 5.75 Å². The number of carbonyl (C=O) groups is 1. The number of nitrogens with one attached hydrogen (secondary N) is 1. The zero-order valence-electron chi connectivity index (χ0n) is 8.56. The molecule has 0 radical (unpaired) electrons. The van der Waals surface area contributed by atoms with E-state index in [0.717, 1.165) is 0 Å². The van der Waals surface area contributed by atoms with E-state index in [-0.39, 0.29) is 11.7 Å². The van der Waals surface area contributed by atoms with Crippen LogP contribution in [0, 0.1) is 0 Å². The SMILES string of the molecule is CCOCCNC(=O)c1cncc(O)c1. The molecule has 0 aromatic carbocycles. The molecule has 0 aliphatic heterocycles. The molecule has 1 amide bonds. The summed E-state index contributed by atoms with van der Waals surface area (Å²) in [5.74, 6) is -0.287. The Morgan fingerprint density at radius 2 is 2.40 bits per heavy atom. The molecule has 5 heteroatoms. The minimum atomic E-state index is -0.266. The van der Waals surface area contributed by atoms with Gasteiger partial charge in [-0.25, -0.2) is 0 Å². The molecule has 82 valence electrons. The molecule has 1 aromatic rings. The van der Waals surface area contributed by atoms with E-state index in [1.165, 1.54) is 18.5 Å². The summed E-state index contributed by atoms with van der Waals surface area (Å²) < 4.78 is 5.06. The molecule has 15 heavy (non-hydrogen) atoms. The molecule has 0 aliphatic rings. The molecule has 0 saturated carbocycles. The number of ether oxygens (including phenoxy) is 1. The molecule has 0 atom stereocenters. The van der Waals surface area contributed by atoms with E-state index >= 15 is 0 Å². The highest BCUT2D eigenvalue weighted by atomic mass is 16.5. The highest BCUT2D eigenvalue weighted by molar-refractivity contribution is 5.94. The molecule has 0 fully saturated rings. The smallest absolute Gasteiger partial charge is 0.253 e. The summed E-state index contributed by atoms with van der Waals surface area (Å²) in [6.45, 7) is 3.45. The van der Waals surface area contributed by atoms with Crippen molar-refractivity contribution in [1.29, 1.82) is 0 Å². The molecule has 0 bridgehead atoms. The number of pyridine rings is 1. The van der Waals surface area contributed by atoms with Gasteiger partial charge < -0.3 is 15.2 Å². The summed E-state index contributed by atoms with van der Waals surface area (Å²) in [6.07, 6.45) is 2.67. The van der Waals surface area contributed by atoms with Gasteiger partial charge in [0, 0.05) is 19.3 Å². The van der Waals surface area contributed by atoms with Crippen LogP contribution in [0.2, 0.25) is 0 Å². The molecule has 0 saturated heterocycles. The fourth-order valence-corrected chi connectivity index (χ4v) is 1.04. The Hall–Kier alpha value is -1.62. The molecule has 1 aromatic heterocycles. The predicted molar refractivity (Wildman–Crippen MR) is 54.7 cm³/mol. The number of aromatic hydroxyl groups is 1. The molecular weight excluding hydrogens is 196 g/mol. The van der Waals surface area contributed by atoms with Crippen molar-refractivity contribution in [3.8, 4) is 5.75 Å². The number of aromatic nitrogens is 1. The summed E-state index contributed by atoms with van der Waals surface area (Å²) in [4.78, 5) is 15.1. The van der Waals surface area contributed by atoms with Crippen molar-refractivity contribution >= 4 is 5.91 Å². The molecule has 1 rings (SSSR count). The maximum Gasteiger partial charge on any atom is 0.253 e. The summed E-state index contributed by atoms with van der Waals surface area (Å²) >= 11 is 0. The molecule has 5 nitrogen and oxygen atoms in total. The molecular formula is C10H14N2O3. The average Bonchev–Trinajstić information content (AvgIpc) is 2.24. The quantitative estimate of drug-likeness (QED) is 0.696. The lowest BCUT2D eigenvalue weighted by Gasteiger charge is -2.04. The largest absolute Gasteiger partial charge is 0.506 e. The van der Waals surface area contributed by atoms with Crippen LogP contribution < -0.4 is 5.32 Å². The van der Waals surface area contributed by atoms with Crippen molar-refractivity contribution in [2.45, 2.75) is 6.92 Å². The van der Waals surface area contributed by atoms with E-state index in [0.29, 0.717) is 25.3 Å². The van der Waals surface area contributed by atoms with Crippen molar-refractivity contribution in [2.24, 2.45) is 0 Å². The fourth-order valence-electron chi connectivity index (χ4n) is 1.04. The van der Waals surface area contributed by atoms with Crippen molar-refractivity contribution in [3.63, 3.8) is 0 Å². The summed E-state index contributed by atoms with van der Waals surface area (Å²) in [5.41, 5.74) is 0.339. The van der Waals surface area contributed by atoms with E-state index < -0.39 is 0 Å². The first-order chi connectivity index (χ1) is 7.24. The minimum absolute atomic E-state index is 0.0209. The van der Waals surface area contributed by atoms with E-state index in [1.807, 2.05) is 6.92 Å². The molecule has 2 N–H and O–H groups in total. The Morgan fingerprint density at radius 1 is 1.60 bits per heavy atom. The number of nitrogens with zero attached hydrogens (tertiary/aromatic N) is 1. The Bertz CT molecular complexity index is 328. The molecule has 0 unspecified atom stereocenters. The third-order valence-electron chi connectivity index (χ3n) is 1.72. The van der Waals surface area contributed by atoms with Crippen molar-refractivity contribution < 1.29 is 14.6 Å². The normalized spacial score (nSPS) is 9.93. The second-order valence-electron chi connectivity index (χ2n) is 2.88. The predicted octanol–water partition coefficient (Wildman–Crippen LogP) is 0.553. The lowest BCUT2D eigenvalue weighted by atomic mass is 10.2. The lowest BCUT2D eigenvalue weighted by Crippen LogP contribution is -2.27. The number of amides is 1. The van der Waals surface area contributed by atoms with Crippen LogP contribution >= 0.6 is 0 Å². The van der Waals surface area contributed by atoms with Crippen molar-refractivity contribution in [3.05, 3.63) is 24.0 Å². The monoisotopic (exact) mass is 210 g/mol. The van der Waals surface area contributed by atoms with Gasteiger partial charge in [-0.1, -0.05) is 0 Å². The van der Waals surface area contributed by atoms with E-state index in [2.05, 4.69) is 10.3 Å². The van der Waals surface area contributed by atoms with E-state index in [9.17, 15) is 4.79 Å². The third-order valence-corrected chi connectivity index (χ3v) is 1.72. The van der Waals surface area contributed by atoms with Crippen molar-refractivity contribution in [1.82, 2.24) is 10.3 Å². The Kier molecular flexibility index (Phi) is 4.56. The van der Waals surface area contributed by atoms with Gasteiger partial charge in [0.2, 0.25) is 0 Å². The van der Waals surface area contributed by atoms with Crippen LogP contribution in [0.25, 0.3) is 0 Å². The van der Waals surface area contributed by atoms with Gasteiger partial charge >= 0.3 is 0 Å². The van der Waals surface area contributed by atoms with Gasteiger partial charge in [0.15, 0.2) is 0 Å². The first-order valence-corrected chi connectivity index (χ1v) is 4.74. The van der Waals surface area contributed by atoms with Crippen molar-refractivity contribution in [2.75, 3.05) is 19.8 Å². The van der Waals surface area contributed by atoms with Crippen LogP contribution in [0.4, 0.5) is 0 Å². The third kappa shape index (κ3) is 3.95. The highest BCUT2D eigenvalue weighted by Gasteiger charge is 2.05. The Morgan fingerprint density at radius 3 is 3.07 bits per heavy atom. The van der Waals surface area contributed by atoms with Gasteiger partial charge in [-0.15, -0.1) is 0 Å². The van der Waals surface area contributed by atoms with Gasteiger partial charge in [-0.05, 0) is 13.0 Å². The Labute approximate surface area is 88.1 Å². The lowest BCUT2D eigenvalue weighted by molar-refractivity contribution is 0.0922. The molecule has 0 aliphatic carbocycles. The van der Waals surface area contributed by atoms with Crippen LogP contribution in [-0.4, -0.2) is 35.8 Å². The topological polar surface area (TPSA) is 71.5 Å². The summed E-state index contributed by atoms with van der Waals surface area (Å²) in [6, 6.07) is 1.36. The maximum absolute atomic E-state index is 11.4. The first-order valence-electron chi connectivity index (χ1n) is 4.74. The summed E-state index contributed by atoms with van der Waals surface area (Å²) in [7, 11) is 0. The van der Waals surface area contributed by atoms with Gasteiger partial charge in [-0.3, -0.25) is 9.78 Å². The average molecular weight is 210 g/mol. The van der Waals surface area contributed by atoms with Gasteiger partial charge in [-0.2, -0.15) is 0 Å². The fraction of sp³-hybridized carbons (Fsp3) is 0.400. The maximum atomic E-state index is 11.4. The number of hydrogen-bond donors (Lipinski definition) is 2. The van der Waals surface area contributed by atoms with E-state index in [1.54, 1.807) is 0 Å². The second kappa shape index (κ2) is 5.98. The van der Waals surface area contributed by atoms with Crippen LogP contribution in [-0.2, 0) is 4.74 Å². The summed E-state index contributed by atoms with van der Waals surface area (Å²) in [5, 5.41) is 11.8. The molecule has 0 spiro atoms. The standard InChI is InChI=1S/C10H14N2O3/c1-2-15-4-3-12-10(14)8-5-9(13)7-11-6-8/h5-7,13H,2-4H2,1H3,(H,12,14). The Balaban J connectivity index is 2.40. The first kappa shape index (κ1) is 11.5. The van der Waals surface area contributed by atoms with E-state index in [4.69, 9.17) is 9.84 Å².